The first-order valence-electron chi connectivity index (χ1n) is 4.28. The fourth-order valence-electron chi connectivity index (χ4n) is 1.52. The van der Waals surface area contributed by atoms with Gasteiger partial charge < -0.3 is 10.1 Å². The number of rotatable bonds is 2. The molecule has 2 rings (SSSR count). The van der Waals surface area contributed by atoms with E-state index in [1.807, 2.05) is 19.1 Å². The Bertz CT molecular complexity index is 420. The monoisotopic (exact) mass is 175 g/mol. The summed E-state index contributed by atoms with van der Waals surface area (Å²) >= 11 is 0. The number of nitrogens with zero attached hydrogens (tertiary/aromatic N) is 1. The number of hydrogen-bond acceptors (Lipinski definition) is 2. The second-order valence-electron chi connectivity index (χ2n) is 3.07. The fourth-order valence-corrected chi connectivity index (χ4v) is 1.52. The number of aliphatic hydroxyl groups excluding tert-OH is 1. The van der Waals surface area contributed by atoms with Crippen molar-refractivity contribution in [2.45, 2.75) is 13.3 Å². The first-order valence-corrected chi connectivity index (χ1v) is 4.28. The molecule has 13 heavy (non-hydrogen) atoms. The summed E-state index contributed by atoms with van der Waals surface area (Å²) in [6, 6.07) is 3.98. The highest BCUT2D eigenvalue weighted by atomic mass is 16.2. The van der Waals surface area contributed by atoms with Gasteiger partial charge in [-0.05, 0) is 30.5 Å². The highest BCUT2D eigenvalue weighted by Gasteiger charge is 2.04. The number of aromatic nitrogens is 2. The van der Waals surface area contributed by atoms with Crippen molar-refractivity contribution in [3.8, 4) is 0 Å². The van der Waals surface area contributed by atoms with Gasteiger partial charge in [-0.3, -0.25) is 0 Å². The minimum Gasteiger partial charge on any atom is -0.396 e. The highest BCUT2D eigenvalue weighted by Crippen LogP contribution is 2.18. The molecule has 1 radical (unpaired) electrons. The molecule has 0 aliphatic heterocycles. The van der Waals surface area contributed by atoms with E-state index in [4.69, 9.17) is 5.11 Å². The maximum atomic E-state index is 8.83. The summed E-state index contributed by atoms with van der Waals surface area (Å²) in [5.74, 6) is 0. The largest absolute Gasteiger partial charge is 0.396 e. The lowest BCUT2D eigenvalue weighted by molar-refractivity contribution is 0.299. The third-order valence-corrected chi connectivity index (χ3v) is 2.28. The topological polar surface area (TPSA) is 48.9 Å². The zero-order valence-corrected chi connectivity index (χ0v) is 7.46. The lowest BCUT2D eigenvalue weighted by atomic mass is 10.0. The summed E-state index contributed by atoms with van der Waals surface area (Å²) in [7, 11) is 0. The van der Waals surface area contributed by atoms with E-state index in [1.165, 1.54) is 0 Å². The second-order valence-corrected chi connectivity index (χ2v) is 3.07. The summed E-state index contributed by atoms with van der Waals surface area (Å²) in [5.41, 5.74) is 4.23. The van der Waals surface area contributed by atoms with Gasteiger partial charge >= 0.3 is 0 Å². The van der Waals surface area contributed by atoms with E-state index in [0.29, 0.717) is 6.42 Å². The molecule has 3 nitrogen and oxygen atoms in total. The third kappa shape index (κ3) is 1.31. The summed E-state index contributed by atoms with van der Waals surface area (Å²) in [6.45, 7) is 2.20. The first-order chi connectivity index (χ1) is 6.33. The quantitative estimate of drug-likeness (QED) is 0.720. The van der Waals surface area contributed by atoms with Crippen LogP contribution in [0, 0.1) is 13.3 Å². The number of benzene rings is 1. The summed E-state index contributed by atoms with van der Waals surface area (Å²) in [5, 5.41) is 8.83. The van der Waals surface area contributed by atoms with Gasteiger partial charge in [0.05, 0.1) is 11.0 Å². The average molecular weight is 175 g/mol. The molecule has 0 aliphatic carbocycles. The Morgan fingerprint density at radius 2 is 2.38 bits per heavy atom. The molecule has 2 aromatic rings. The van der Waals surface area contributed by atoms with Gasteiger partial charge in [-0.2, -0.15) is 0 Å². The Morgan fingerprint density at radius 1 is 1.54 bits per heavy atom. The van der Waals surface area contributed by atoms with Gasteiger partial charge in [0, 0.05) is 6.61 Å². The number of fused-ring (bicyclic) bond motifs is 1. The minimum absolute atomic E-state index is 0.181. The molecular weight excluding hydrogens is 164 g/mol. The molecule has 0 spiro atoms. The van der Waals surface area contributed by atoms with E-state index < -0.39 is 0 Å². The van der Waals surface area contributed by atoms with Crippen molar-refractivity contribution in [3.05, 3.63) is 29.6 Å². The Kier molecular flexibility index (Phi) is 2.02. The van der Waals surface area contributed by atoms with Crippen LogP contribution in [0.25, 0.3) is 11.0 Å². The molecule has 1 aromatic heterocycles. The number of nitrogens with one attached hydrogen (secondary N) is 1. The Labute approximate surface area is 76.4 Å². The average Bonchev–Trinajstić information content (AvgIpc) is 2.58. The molecule has 1 heterocycles. The molecule has 0 amide bonds. The van der Waals surface area contributed by atoms with Crippen LogP contribution in [0.4, 0.5) is 0 Å². The molecule has 1 aromatic carbocycles. The molecule has 2 N–H and O–H groups in total. The van der Waals surface area contributed by atoms with E-state index in [0.717, 1.165) is 22.2 Å². The summed E-state index contributed by atoms with van der Waals surface area (Å²) in [4.78, 5) is 7.03. The van der Waals surface area contributed by atoms with E-state index >= 15 is 0 Å². The number of aromatic amines is 1. The van der Waals surface area contributed by atoms with Crippen molar-refractivity contribution in [1.82, 2.24) is 9.97 Å². The number of aryl methyl sites for hydroxylation is 1. The minimum atomic E-state index is 0.181. The first kappa shape index (κ1) is 8.26. The van der Waals surface area contributed by atoms with E-state index in [1.54, 1.807) is 0 Å². The van der Waals surface area contributed by atoms with Crippen LogP contribution in [0.5, 0.6) is 0 Å². The Balaban J connectivity index is 2.59. The molecule has 0 atom stereocenters. The van der Waals surface area contributed by atoms with Crippen molar-refractivity contribution in [2.75, 3.05) is 6.61 Å². The molecule has 67 valence electrons. The predicted octanol–water partition coefficient (Wildman–Crippen LogP) is 1.21. The predicted molar refractivity (Wildman–Crippen MR) is 50.5 cm³/mol. The van der Waals surface area contributed by atoms with Gasteiger partial charge in [0.2, 0.25) is 0 Å². The third-order valence-electron chi connectivity index (χ3n) is 2.28. The number of aliphatic hydroxyl groups is 1. The standard InChI is InChI=1S/C10H11N2O/c1-7-8(4-5-13)2-3-9-10(7)12-6-11-9/h2-3,13H,4-5H2,1H3,(H,11,12). The number of H-pyrrole nitrogens is 1. The molecule has 0 bridgehead atoms. The van der Waals surface area contributed by atoms with E-state index in [9.17, 15) is 0 Å². The van der Waals surface area contributed by atoms with Crippen LogP contribution in [-0.4, -0.2) is 21.7 Å². The van der Waals surface area contributed by atoms with E-state index in [-0.39, 0.29) is 6.61 Å². The van der Waals surface area contributed by atoms with E-state index in [2.05, 4.69) is 16.3 Å². The van der Waals surface area contributed by atoms with Crippen LogP contribution >= 0.6 is 0 Å². The SMILES string of the molecule is Cc1c(CCO)ccc2[nH][c]nc12. The van der Waals surface area contributed by atoms with Gasteiger partial charge in [0.1, 0.15) is 0 Å². The van der Waals surface area contributed by atoms with Gasteiger partial charge in [-0.15, -0.1) is 0 Å². The number of imidazole rings is 1. The van der Waals surface area contributed by atoms with Crippen LogP contribution in [0.3, 0.4) is 0 Å². The fraction of sp³-hybridized carbons (Fsp3) is 0.300. The highest BCUT2D eigenvalue weighted by molar-refractivity contribution is 5.79. The van der Waals surface area contributed by atoms with Crippen LogP contribution in [-0.2, 0) is 6.42 Å². The molecule has 0 fully saturated rings. The summed E-state index contributed by atoms with van der Waals surface area (Å²) in [6.07, 6.45) is 3.40. The molecule has 3 heteroatoms. The van der Waals surface area contributed by atoms with Crippen LogP contribution in [0.15, 0.2) is 12.1 Å². The maximum absolute atomic E-state index is 8.83. The molecule has 0 saturated carbocycles. The second kappa shape index (κ2) is 3.18. The maximum Gasteiger partial charge on any atom is 0.174 e. The summed E-state index contributed by atoms with van der Waals surface area (Å²) < 4.78 is 0. The van der Waals surface area contributed by atoms with Crippen LogP contribution in [0.1, 0.15) is 11.1 Å². The van der Waals surface area contributed by atoms with Crippen molar-refractivity contribution in [2.24, 2.45) is 0 Å². The zero-order valence-electron chi connectivity index (χ0n) is 7.46. The van der Waals surface area contributed by atoms with Gasteiger partial charge in [0.15, 0.2) is 6.33 Å². The van der Waals surface area contributed by atoms with Crippen molar-refractivity contribution < 1.29 is 5.11 Å². The lowest BCUT2D eigenvalue weighted by Crippen LogP contribution is -1.94. The lowest BCUT2D eigenvalue weighted by Gasteiger charge is -2.03. The van der Waals surface area contributed by atoms with Gasteiger partial charge in [-0.25, -0.2) is 4.98 Å². The van der Waals surface area contributed by atoms with Crippen LogP contribution in [0.2, 0.25) is 0 Å². The molecular formula is C10H11N2O. The van der Waals surface area contributed by atoms with Crippen molar-refractivity contribution in [3.63, 3.8) is 0 Å². The Morgan fingerprint density at radius 3 is 3.15 bits per heavy atom. The molecule has 0 saturated heterocycles. The Hall–Kier alpha value is -1.35. The van der Waals surface area contributed by atoms with Crippen molar-refractivity contribution >= 4 is 11.0 Å². The molecule has 0 aliphatic rings. The normalized spacial score (nSPS) is 10.9. The zero-order chi connectivity index (χ0) is 9.26. The smallest absolute Gasteiger partial charge is 0.174 e. The van der Waals surface area contributed by atoms with Gasteiger partial charge in [0.25, 0.3) is 0 Å². The van der Waals surface area contributed by atoms with Gasteiger partial charge in [-0.1, -0.05) is 6.07 Å². The molecule has 0 unspecified atom stereocenters. The van der Waals surface area contributed by atoms with Crippen LogP contribution < -0.4 is 0 Å². The number of hydrogen-bond donors (Lipinski definition) is 2. The van der Waals surface area contributed by atoms with Crippen molar-refractivity contribution in [1.29, 1.82) is 0 Å².